The standard InChI is InChI=1S/C16H19N3O2S/c17-16-9-6-14(12-18-16)13-4-7-15(8-5-13)22(20,21)19-10-2-1-3-11-19/h4-9,12H,1-3,10-11H2,(H2,17,18). The van der Waals surface area contributed by atoms with Crippen molar-refractivity contribution in [2.24, 2.45) is 0 Å². The average Bonchev–Trinajstić information content (AvgIpc) is 2.56. The lowest BCUT2D eigenvalue weighted by atomic mass is 10.1. The molecule has 0 atom stereocenters. The summed E-state index contributed by atoms with van der Waals surface area (Å²) in [6.45, 7) is 1.23. The third-order valence-electron chi connectivity index (χ3n) is 3.93. The number of hydrogen-bond donors (Lipinski definition) is 1. The lowest BCUT2D eigenvalue weighted by Gasteiger charge is -2.25. The molecule has 0 saturated carbocycles. The van der Waals surface area contributed by atoms with E-state index in [4.69, 9.17) is 5.73 Å². The lowest BCUT2D eigenvalue weighted by molar-refractivity contribution is 0.346. The molecule has 2 heterocycles. The van der Waals surface area contributed by atoms with Crippen molar-refractivity contribution in [1.82, 2.24) is 9.29 Å². The van der Waals surface area contributed by atoms with Crippen LogP contribution in [0.25, 0.3) is 11.1 Å². The first-order chi connectivity index (χ1) is 10.6. The molecule has 2 aromatic rings. The molecule has 0 bridgehead atoms. The van der Waals surface area contributed by atoms with Gasteiger partial charge in [0, 0.05) is 24.8 Å². The Morgan fingerprint density at radius 2 is 1.55 bits per heavy atom. The summed E-state index contributed by atoms with van der Waals surface area (Å²) in [5.74, 6) is 0.466. The van der Waals surface area contributed by atoms with Crippen LogP contribution < -0.4 is 5.73 Å². The minimum atomic E-state index is -3.37. The summed E-state index contributed by atoms with van der Waals surface area (Å²) in [6.07, 6.45) is 4.67. The van der Waals surface area contributed by atoms with E-state index in [-0.39, 0.29) is 0 Å². The van der Waals surface area contributed by atoms with Crippen LogP contribution in [0.3, 0.4) is 0 Å². The zero-order valence-corrected chi connectivity index (χ0v) is 13.1. The van der Waals surface area contributed by atoms with Crippen molar-refractivity contribution in [3.05, 3.63) is 42.6 Å². The molecule has 1 saturated heterocycles. The number of sulfonamides is 1. The molecule has 0 unspecified atom stereocenters. The molecule has 1 aromatic carbocycles. The number of nitrogen functional groups attached to an aromatic ring is 1. The van der Waals surface area contributed by atoms with Crippen molar-refractivity contribution in [2.45, 2.75) is 24.2 Å². The molecule has 1 aliphatic heterocycles. The topological polar surface area (TPSA) is 76.3 Å². The minimum Gasteiger partial charge on any atom is -0.384 e. The van der Waals surface area contributed by atoms with E-state index in [0.29, 0.717) is 23.8 Å². The van der Waals surface area contributed by atoms with E-state index >= 15 is 0 Å². The third-order valence-corrected chi connectivity index (χ3v) is 5.84. The fourth-order valence-corrected chi connectivity index (χ4v) is 4.17. The first-order valence-electron chi connectivity index (χ1n) is 7.39. The quantitative estimate of drug-likeness (QED) is 0.943. The summed E-state index contributed by atoms with van der Waals surface area (Å²) in [6, 6.07) is 10.5. The molecule has 22 heavy (non-hydrogen) atoms. The molecule has 1 fully saturated rings. The molecule has 6 heteroatoms. The second kappa shape index (κ2) is 6.06. The molecule has 0 radical (unpaired) electrons. The summed E-state index contributed by atoms with van der Waals surface area (Å²) in [7, 11) is -3.37. The Kier molecular flexibility index (Phi) is 4.13. The largest absolute Gasteiger partial charge is 0.384 e. The Morgan fingerprint density at radius 1 is 0.909 bits per heavy atom. The van der Waals surface area contributed by atoms with Gasteiger partial charge in [0.1, 0.15) is 5.82 Å². The van der Waals surface area contributed by atoms with Gasteiger partial charge in [-0.3, -0.25) is 0 Å². The smallest absolute Gasteiger partial charge is 0.243 e. The average molecular weight is 317 g/mol. The van der Waals surface area contributed by atoms with Gasteiger partial charge < -0.3 is 5.73 Å². The monoisotopic (exact) mass is 317 g/mol. The fraction of sp³-hybridized carbons (Fsp3) is 0.312. The van der Waals surface area contributed by atoms with Crippen LogP contribution in [0.5, 0.6) is 0 Å². The van der Waals surface area contributed by atoms with Crippen LogP contribution in [0, 0.1) is 0 Å². The number of benzene rings is 1. The second-order valence-electron chi connectivity index (χ2n) is 5.46. The summed E-state index contributed by atoms with van der Waals surface area (Å²) < 4.78 is 26.7. The minimum absolute atomic E-state index is 0.349. The Hall–Kier alpha value is -1.92. The maximum atomic E-state index is 12.6. The van der Waals surface area contributed by atoms with Gasteiger partial charge in [-0.05, 0) is 42.7 Å². The highest BCUT2D eigenvalue weighted by Gasteiger charge is 2.25. The van der Waals surface area contributed by atoms with Gasteiger partial charge in [-0.15, -0.1) is 0 Å². The van der Waals surface area contributed by atoms with Crippen molar-refractivity contribution in [3.63, 3.8) is 0 Å². The number of hydrogen-bond acceptors (Lipinski definition) is 4. The van der Waals surface area contributed by atoms with Gasteiger partial charge in [0.15, 0.2) is 0 Å². The summed E-state index contributed by atoms with van der Waals surface area (Å²) in [5.41, 5.74) is 7.41. The highest BCUT2D eigenvalue weighted by molar-refractivity contribution is 7.89. The molecule has 0 aliphatic carbocycles. The van der Waals surface area contributed by atoms with E-state index < -0.39 is 10.0 Å². The van der Waals surface area contributed by atoms with Crippen LogP contribution in [-0.4, -0.2) is 30.8 Å². The number of anilines is 1. The first-order valence-corrected chi connectivity index (χ1v) is 8.83. The number of rotatable bonds is 3. The molecule has 2 N–H and O–H groups in total. The van der Waals surface area contributed by atoms with E-state index in [2.05, 4.69) is 4.98 Å². The van der Waals surface area contributed by atoms with E-state index in [9.17, 15) is 8.42 Å². The van der Waals surface area contributed by atoms with E-state index in [1.54, 1.807) is 28.7 Å². The van der Waals surface area contributed by atoms with Crippen LogP contribution in [0.2, 0.25) is 0 Å². The summed E-state index contributed by atoms with van der Waals surface area (Å²) in [5, 5.41) is 0. The Bertz CT molecular complexity index is 734. The second-order valence-corrected chi connectivity index (χ2v) is 7.40. The number of aromatic nitrogens is 1. The predicted octanol–water partition coefficient (Wildman–Crippen LogP) is 2.51. The van der Waals surface area contributed by atoms with E-state index in [0.717, 1.165) is 30.4 Å². The highest BCUT2D eigenvalue weighted by Crippen LogP contribution is 2.24. The molecule has 0 amide bonds. The third kappa shape index (κ3) is 2.98. The zero-order valence-electron chi connectivity index (χ0n) is 12.3. The van der Waals surface area contributed by atoms with Gasteiger partial charge in [-0.1, -0.05) is 18.6 Å². The Morgan fingerprint density at radius 3 is 2.14 bits per heavy atom. The first kappa shape index (κ1) is 15.0. The van der Waals surface area contributed by atoms with Crippen LogP contribution in [-0.2, 0) is 10.0 Å². The molecular weight excluding hydrogens is 298 g/mol. The van der Waals surface area contributed by atoms with Gasteiger partial charge in [-0.2, -0.15) is 4.31 Å². The summed E-state index contributed by atoms with van der Waals surface area (Å²) in [4.78, 5) is 4.40. The van der Waals surface area contributed by atoms with Gasteiger partial charge in [-0.25, -0.2) is 13.4 Å². The molecule has 1 aliphatic rings. The van der Waals surface area contributed by atoms with Crippen LogP contribution in [0.4, 0.5) is 5.82 Å². The van der Waals surface area contributed by atoms with Crippen molar-refractivity contribution in [2.75, 3.05) is 18.8 Å². The molecule has 3 rings (SSSR count). The maximum Gasteiger partial charge on any atom is 0.243 e. The number of piperidine rings is 1. The number of nitrogens with zero attached hydrogens (tertiary/aromatic N) is 2. The normalized spacial score (nSPS) is 16.5. The van der Waals surface area contributed by atoms with Crippen LogP contribution in [0.1, 0.15) is 19.3 Å². The number of nitrogens with two attached hydrogens (primary N) is 1. The molecule has 1 aromatic heterocycles. The highest BCUT2D eigenvalue weighted by atomic mass is 32.2. The van der Waals surface area contributed by atoms with Gasteiger partial charge in [0.2, 0.25) is 10.0 Å². The van der Waals surface area contributed by atoms with Crippen molar-refractivity contribution in [3.8, 4) is 11.1 Å². The van der Waals surface area contributed by atoms with Crippen LogP contribution in [0.15, 0.2) is 47.5 Å². The molecule has 116 valence electrons. The number of pyridine rings is 1. The van der Waals surface area contributed by atoms with Gasteiger partial charge in [0.25, 0.3) is 0 Å². The van der Waals surface area contributed by atoms with Crippen LogP contribution >= 0.6 is 0 Å². The zero-order chi connectivity index (χ0) is 15.6. The Balaban J connectivity index is 1.86. The van der Waals surface area contributed by atoms with E-state index in [1.807, 2.05) is 18.2 Å². The van der Waals surface area contributed by atoms with Crippen molar-refractivity contribution in [1.29, 1.82) is 0 Å². The molecule has 5 nitrogen and oxygen atoms in total. The lowest BCUT2D eigenvalue weighted by Crippen LogP contribution is -2.35. The van der Waals surface area contributed by atoms with E-state index in [1.165, 1.54) is 0 Å². The predicted molar refractivity (Wildman–Crippen MR) is 86.7 cm³/mol. The van der Waals surface area contributed by atoms with Gasteiger partial charge in [0.05, 0.1) is 4.90 Å². The SMILES string of the molecule is Nc1ccc(-c2ccc(S(=O)(=O)N3CCCCC3)cc2)cn1. The summed E-state index contributed by atoms with van der Waals surface area (Å²) >= 11 is 0. The fourth-order valence-electron chi connectivity index (χ4n) is 2.65. The molecular formula is C16H19N3O2S. The van der Waals surface area contributed by atoms with Gasteiger partial charge >= 0.3 is 0 Å². The van der Waals surface area contributed by atoms with Crippen molar-refractivity contribution < 1.29 is 8.42 Å². The molecule has 0 spiro atoms. The maximum absolute atomic E-state index is 12.6. The van der Waals surface area contributed by atoms with Crippen molar-refractivity contribution >= 4 is 15.8 Å². The Labute approximate surface area is 130 Å².